The van der Waals surface area contributed by atoms with Crippen LogP contribution >= 0.6 is 0 Å². The standard InChI is InChI=1S/C15H15F2N3O/c1-3-18-14-12(16)6-10(7-13(14)17)15(21)20-11-5-4-9(2)19-8-11/h4-8,18H,3H2,1-2H3,(H,20,21). The van der Waals surface area contributed by atoms with E-state index >= 15 is 0 Å². The summed E-state index contributed by atoms with van der Waals surface area (Å²) in [6.45, 7) is 3.92. The summed E-state index contributed by atoms with van der Waals surface area (Å²) in [6.07, 6.45) is 1.48. The number of hydrogen-bond donors (Lipinski definition) is 2. The van der Waals surface area contributed by atoms with Gasteiger partial charge in [0, 0.05) is 17.8 Å². The van der Waals surface area contributed by atoms with Crippen LogP contribution in [0.3, 0.4) is 0 Å². The van der Waals surface area contributed by atoms with Crippen molar-refractivity contribution < 1.29 is 13.6 Å². The molecule has 0 spiro atoms. The number of aromatic nitrogens is 1. The van der Waals surface area contributed by atoms with Gasteiger partial charge >= 0.3 is 0 Å². The van der Waals surface area contributed by atoms with Crippen LogP contribution in [0.4, 0.5) is 20.2 Å². The molecule has 110 valence electrons. The third-order valence-electron chi connectivity index (χ3n) is 2.83. The van der Waals surface area contributed by atoms with Crippen LogP contribution in [0.25, 0.3) is 0 Å². The molecule has 2 N–H and O–H groups in total. The smallest absolute Gasteiger partial charge is 0.255 e. The Labute approximate surface area is 121 Å². The summed E-state index contributed by atoms with van der Waals surface area (Å²) in [5.41, 5.74) is 0.945. The number of aryl methyl sites for hydroxylation is 1. The van der Waals surface area contributed by atoms with Crippen molar-refractivity contribution >= 4 is 17.3 Å². The molecule has 4 nitrogen and oxygen atoms in total. The third kappa shape index (κ3) is 3.53. The fraction of sp³-hybridized carbons (Fsp3) is 0.200. The summed E-state index contributed by atoms with van der Waals surface area (Å²) in [5.74, 6) is -2.20. The van der Waals surface area contributed by atoms with Crippen LogP contribution in [0.2, 0.25) is 0 Å². The molecule has 0 unspecified atom stereocenters. The predicted octanol–water partition coefficient (Wildman–Crippen LogP) is 3.35. The van der Waals surface area contributed by atoms with E-state index in [-0.39, 0.29) is 11.3 Å². The van der Waals surface area contributed by atoms with E-state index in [2.05, 4.69) is 15.6 Å². The lowest BCUT2D eigenvalue weighted by atomic mass is 10.1. The van der Waals surface area contributed by atoms with Crippen LogP contribution in [0.5, 0.6) is 0 Å². The fourth-order valence-corrected chi connectivity index (χ4v) is 1.79. The summed E-state index contributed by atoms with van der Waals surface area (Å²) < 4.78 is 27.5. The van der Waals surface area contributed by atoms with Crippen LogP contribution < -0.4 is 10.6 Å². The van der Waals surface area contributed by atoms with E-state index in [0.29, 0.717) is 12.2 Å². The SMILES string of the molecule is CCNc1c(F)cc(C(=O)Nc2ccc(C)nc2)cc1F. The molecule has 0 aliphatic heterocycles. The van der Waals surface area contributed by atoms with Gasteiger partial charge in [0.1, 0.15) is 17.3 Å². The summed E-state index contributed by atoms with van der Waals surface area (Å²) in [4.78, 5) is 16.0. The number of halogens is 2. The molecule has 21 heavy (non-hydrogen) atoms. The number of carbonyl (C=O) groups excluding carboxylic acids is 1. The summed E-state index contributed by atoms with van der Waals surface area (Å²) in [6, 6.07) is 5.39. The average molecular weight is 291 g/mol. The molecule has 2 aromatic rings. The lowest BCUT2D eigenvalue weighted by molar-refractivity contribution is 0.102. The van der Waals surface area contributed by atoms with Crippen molar-refractivity contribution in [2.75, 3.05) is 17.2 Å². The number of nitrogens with one attached hydrogen (secondary N) is 2. The number of amides is 1. The first-order valence-electron chi connectivity index (χ1n) is 6.48. The molecule has 0 saturated heterocycles. The fourth-order valence-electron chi connectivity index (χ4n) is 1.79. The number of nitrogens with zero attached hydrogens (tertiary/aromatic N) is 1. The molecule has 0 bridgehead atoms. The van der Waals surface area contributed by atoms with E-state index in [1.807, 2.05) is 6.92 Å². The van der Waals surface area contributed by atoms with E-state index < -0.39 is 17.5 Å². The van der Waals surface area contributed by atoms with Crippen molar-refractivity contribution in [2.24, 2.45) is 0 Å². The lowest BCUT2D eigenvalue weighted by Crippen LogP contribution is -2.14. The Morgan fingerprint density at radius 3 is 2.43 bits per heavy atom. The van der Waals surface area contributed by atoms with Gasteiger partial charge < -0.3 is 10.6 Å². The molecule has 2 rings (SSSR count). The molecule has 1 aromatic carbocycles. The van der Waals surface area contributed by atoms with Gasteiger partial charge in [0.05, 0.1) is 11.9 Å². The highest BCUT2D eigenvalue weighted by Gasteiger charge is 2.15. The number of hydrogen-bond acceptors (Lipinski definition) is 3. The quantitative estimate of drug-likeness (QED) is 0.908. The molecule has 0 saturated carbocycles. The molecule has 1 amide bonds. The van der Waals surface area contributed by atoms with Gasteiger partial charge in [-0.05, 0) is 38.1 Å². The molecule has 0 fully saturated rings. The van der Waals surface area contributed by atoms with Crippen LogP contribution in [0.15, 0.2) is 30.5 Å². The van der Waals surface area contributed by atoms with Crippen molar-refractivity contribution in [1.82, 2.24) is 4.98 Å². The Morgan fingerprint density at radius 1 is 1.24 bits per heavy atom. The Bertz CT molecular complexity index is 633. The van der Waals surface area contributed by atoms with E-state index in [1.165, 1.54) is 6.20 Å². The Kier molecular flexibility index (Phi) is 4.47. The molecular formula is C15H15F2N3O. The van der Waals surface area contributed by atoms with E-state index in [9.17, 15) is 13.6 Å². The van der Waals surface area contributed by atoms with Crippen molar-refractivity contribution in [3.63, 3.8) is 0 Å². The second kappa shape index (κ2) is 6.30. The first kappa shape index (κ1) is 14.9. The molecule has 6 heteroatoms. The summed E-state index contributed by atoms with van der Waals surface area (Å²) in [7, 11) is 0. The van der Waals surface area contributed by atoms with E-state index in [0.717, 1.165) is 17.8 Å². The number of anilines is 2. The molecule has 1 aromatic heterocycles. The van der Waals surface area contributed by atoms with Crippen molar-refractivity contribution in [3.05, 3.63) is 53.4 Å². The van der Waals surface area contributed by atoms with Crippen LogP contribution in [-0.4, -0.2) is 17.4 Å². The maximum absolute atomic E-state index is 13.8. The predicted molar refractivity (Wildman–Crippen MR) is 77.4 cm³/mol. The van der Waals surface area contributed by atoms with Crippen molar-refractivity contribution in [3.8, 4) is 0 Å². The maximum Gasteiger partial charge on any atom is 0.255 e. The zero-order valence-electron chi connectivity index (χ0n) is 11.7. The van der Waals surface area contributed by atoms with Gasteiger partial charge in [-0.3, -0.25) is 9.78 Å². The lowest BCUT2D eigenvalue weighted by Gasteiger charge is -2.09. The topological polar surface area (TPSA) is 54.0 Å². The second-order valence-electron chi connectivity index (χ2n) is 4.49. The Balaban J connectivity index is 2.21. The van der Waals surface area contributed by atoms with Crippen molar-refractivity contribution in [1.29, 1.82) is 0 Å². The Morgan fingerprint density at radius 2 is 1.90 bits per heavy atom. The first-order valence-corrected chi connectivity index (χ1v) is 6.48. The van der Waals surface area contributed by atoms with Gasteiger partial charge in [0.2, 0.25) is 0 Å². The average Bonchev–Trinajstić information content (AvgIpc) is 2.45. The number of pyridine rings is 1. The normalized spacial score (nSPS) is 10.3. The van der Waals surface area contributed by atoms with E-state index in [1.54, 1.807) is 19.1 Å². The zero-order valence-corrected chi connectivity index (χ0v) is 11.7. The van der Waals surface area contributed by atoms with Crippen molar-refractivity contribution in [2.45, 2.75) is 13.8 Å². The van der Waals surface area contributed by atoms with Gasteiger partial charge in [0.25, 0.3) is 5.91 Å². The minimum absolute atomic E-state index is 0.0905. The van der Waals surface area contributed by atoms with Crippen LogP contribution in [0, 0.1) is 18.6 Å². The maximum atomic E-state index is 13.8. The summed E-state index contributed by atoms with van der Waals surface area (Å²) in [5, 5.41) is 5.11. The summed E-state index contributed by atoms with van der Waals surface area (Å²) >= 11 is 0. The molecule has 0 aliphatic rings. The van der Waals surface area contributed by atoms with Gasteiger partial charge in [-0.1, -0.05) is 0 Å². The van der Waals surface area contributed by atoms with Crippen LogP contribution in [-0.2, 0) is 0 Å². The minimum Gasteiger partial charge on any atom is -0.381 e. The van der Waals surface area contributed by atoms with Gasteiger partial charge in [-0.2, -0.15) is 0 Å². The van der Waals surface area contributed by atoms with Gasteiger partial charge in [-0.15, -0.1) is 0 Å². The molecule has 0 atom stereocenters. The molecular weight excluding hydrogens is 276 g/mol. The molecule has 0 aliphatic carbocycles. The highest BCUT2D eigenvalue weighted by Crippen LogP contribution is 2.21. The van der Waals surface area contributed by atoms with Gasteiger partial charge in [-0.25, -0.2) is 8.78 Å². The van der Waals surface area contributed by atoms with Crippen LogP contribution in [0.1, 0.15) is 23.0 Å². The number of carbonyl (C=O) groups is 1. The molecule has 0 radical (unpaired) electrons. The zero-order chi connectivity index (χ0) is 15.4. The monoisotopic (exact) mass is 291 g/mol. The Hall–Kier alpha value is -2.50. The largest absolute Gasteiger partial charge is 0.381 e. The minimum atomic E-state index is -0.802. The van der Waals surface area contributed by atoms with Gasteiger partial charge in [0.15, 0.2) is 0 Å². The number of rotatable bonds is 4. The highest BCUT2D eigenvalue weighted by molar-refractivity contribution is 6.04. The second-order valence-corrected chi connectivity index (χ2v) is 4.49. The highest BCUT2D eigenvalue weighted by atomic mass is 19.1. The first-order chi connectivity index (χ1) is 10.0. The third-order valence-corrected chi connectivity index (χ3v) is 2.83. The van der Waals surface area contributed by atoms with E-state index in [4.69, 9.17) is 0 Å². The molecule has 1 heterocycles. The number of benzene rings is 1.